The van der Waals surface area contributed by atoms with Gasteiger partial charge < -0.3 is 10.2 Å². The summed E-state index contributed by atoms with van der Waals surface area (Å²) in [5.74, 6) is 0.638. The summed E-state index contributed by atoms with van der Waals surface area (Å²) >= 11 is 0. The number of aromatic nitrogens is 3. The maximum Gasteiger partial charge on any atom is 0.252 e. The van der Waals surface area contributed by atoms with E-state index in [4.69, 9.17) is 4.98 Å². The number of fused-ring (bicyclic) bond motifs is 1. The molecule has 0 radical (unpaired) electrons. The predicted octanol–water partition coefficient (Wildman–Crippen LogP) is 1.40. The second kappa shape index (κ2) is 6.13. The molecule has 2 aliphatic rings. The van der Waals surface area contributed by atoms with Crippen LogP contribution in [0.15, 0.2) is 17.1 Å². The average Bonchev–Trinajstić information content (AvgIpc) is 3.07. The number of nitrogens with one attached hydrogen (secondary N) is 1. The SMILES string of the molecule is CNC(=O)C1CN(c2ncc3c(C)cc(=O)n(C4CCCC4)c3n2)C1. The molecule has 1 aliphatic heterocycles. The van der Waals surface area contributed by atoms with Crippen LogP contribution in [0, 0.1) is 12.8 Å². The molecule has 1 saturated heterocycles. The molecule has 0 bridgehead atoms. The Morgan fingerprint density at radius 2 is 2.00 bits per heavy atom. The van der Waals surface area contributed by atoms with E-state index >= 15 is 0 Å². The van der Waals surface area contributed by atoms with Crippen LogP contribution in [0.25, 0.3) is 11.0 Å². The lowest BCUT2D eigenvalue weighted by molar-refractivity contribution is -0.125. The maximum absolute atomic E-state index is 12.6. The molecule has 7 heteroatoms. The molecule has 0 unspecified atom stereocenters. The van der Waals surface area contributed by atoms with Crippen molar-refractivity contribution < 1.29 is 4.79 Å². The van der Waals surface area contributed by atoms with Gasteiger partial charge in [-0.25, -0.2) is 4.98 Å². The number of carbonyl (C=O) groups excluding carboxylic acids is 1. The standard InChI is InChI=1S/C18H23N5O2/c1-11-7-15(24)23(13-5-3-4-6-13)16-14(11)8-20-18(21-16)22-9-12(10-22)17(25)19-2/h7-8,12-13H,3-6,9-10H2,1-2H3,(H,19,25). The van der Waals surface area contributed by atoms with Crippen molar-refractivity contribution in [1.29, 1.82) is 0 Å². The van der Waals surface area contributed by atoms with Gasteiger partial charge in [0.25, 0.3) is 5.56 Å². The number of amides is 1. The predicted molar refractivity (Wildman–Crippen MR) is 95.8 cm³/mol. The van der Waals surface area contributed by atoms with Crippen molar-refractivity contribution in [2.45, 2.75) is 38.6 Å². The normalized spacial score (nSPS) is 18.6. The molecule has 25 heavy (non-hydrogen) atoms. The molecule has 3 heterocycles. The Hall–Kier alpha value is -2.44. The molecule has 1 saturated carbocycles. The van der Waals surface area contributed by atoms with Gasteiger partial charge in [-0.15, -0.1) is 0 Å². The second-order valence-corrected chi connectivity index (χ2v) is 7.10. The van der Waals surface area contributed by atoms with Crippen LogP contribution in [0.5, 0.6) is 0 Å². The molecule has 4 rings (SSSR count). The first-order chi connectivity index (χ1) is 12.1. The second-order valence-electron chi connectivity index (χ2n) is 7.10. The number of hydrogen-bond acceptors (Lipinski definition) is 5. The molecule has 0 aromatic carbocycles. The monoisotopic (exact) mass is 341 g/mol. The summed E-state index contributed by atoms with van der Waals surface area (Å²) in [7, 11) is 1.65. The molecule has 2 fully saturated rings. The van der Waals surface area contributed by atoms with Crippen LogP contribution in [0.4, 0.5) is 5.95 Å². The van der Waals surface area contributed by atoms with Gasteiger partial charge in [0.15, 0.2) is 0 Å². The third-order valence-electron chi connectivity index (χ3n) is 5.46. The van der Waals surface area contributed by atoms with E-state index in [1.165, 1.54) is 0 Å². The molecular formula is C18H23N5O2. The highest BCUT2D eigenvalue weighted by molar-refractivity contribution is 5.82. The lowest BCUT2D eigenvalue weighted by atomic mass is 10.00. The van der Waals surface area contributed by atoms with Gasteiger partial charge in [-0.2, -0.15) is 4.98 Å². The van der Waals surface area contributed by atoms with Gasteiger partial charge in [-0.1, -0.05) is 12.8 Å². The lowest BCUT2D eigenvalue weighted by Gasteiger charge is -2.38. The minimum absolute atomic E-state index is 0.0150. The molecular weight excluding hydrogens is 318 g/mol. The summed E-state index contributed by atoms with van der Waals surface area (Å²) in [4.78, 5) is 35.5. The Balaban J connectivity index is 1.73. The molecule has 1 aliphatic carbocycles. The van der Waals surface area contributed by atoms with Gasteiger partial charge in [0.2, 0.25) is 11.9 Å². The first-order valence-corrected chi connectivity index (χ1v) is 8.94. The fourth-order valence-electron chi connectivity index (χ4n) is 3.94. The minimum Gasteiger partial charge on any atom is -0.359 e. The zero-order valence-electron chi connectivity index (χ0n) is 14.7. The van der Waals surface area contributed by atoms with Crippen LogP contribution in [0.3, 0.4) is 0 Å². The number of hydrogen-bond donors (Lipinski definition) is 1. The van der Waals surface area contributed by atoms with Crippen LogP contribution in [0.2, 0.25) is 0 Å². The number of anilines is 1. The summed E-state index contributed by atoms with van der Waals surface area (Å²) in [5, 5.41) is 3.61. The fourth-order valence-corrected chi connectivity index (χ4v) is 3.94. The van der Waals surface area contributed by atoms with Crippen LogP contribution >= 0.6 is 0 Å². The molecule has 1 amide bonds. The summed E-state index contributed by atoms with van der Waals surface area (Å²) < 4.78 is 1.86. The van der Waals surface area contributed by atoms with Crippen molar-refractivity contribution in [2.24, 2.45) is 5.92 Å². The highest BCUT2D eigenvalue weighted by atomic mass is 16.2. The maximum atomic E-state index is 12.6. The molecule has 1 N–H and O–H groups in total. The molecule has 0 atom stereocenters. The highest BCUT2D eigenvalue weighted by Gasteiger charge is 2.34. The van der Waals surface area contributed by atoms with E-state index in [0.717, 1.165) is 42.3 Å². The van der Waals surface area contributed by atoms with Gasteiger partial charge in [0.1, 0.15) is 5.65 Å². The zero-order valence-corrected chi connectivity index (χ0v) is 14.7. The van der Waals surface area contributed by atoms with Crippen LogP contribution in [-0.4, -0.2) is 40.6 Å². The van der Waals surface area contributed by atoms with E-state index in [1.54, 1.807) is 13.1 Å². The number of rotatable bonds is 3. The number of carbonyl (C=O) groups is 1. The third kappa shape index (κ3) is 2.67. The Bertz CT molecular complexity index is 879. The molecule has 0 spiro atoms. The van der Waals surface area contributed by atoms with E-state index in [0.29, 0.717) is 19.0 Å². The van der Waals surface area contributed by atoms with Crippen molar-refractivity contribution in [1.82, 2.24) is 19.9 Å². The Kier molecular flexibility index (Phi) is 3.94. The quantitative estimate of drug-likeness (QED) is 0.913. The first kappa shape index (κ1) is 16.1. The third-order valence-corrected chi connectivity index (χ3v) is 5.46. The van der Waals surface area contributed by atoms with Crippen LogP contribution in [0.1, 0.15) is 37.3 Å². The van der Waals surface area contributed by atoms with Gasteiger partial charge in [0, 0.05) is 43.8 Å². The van der Waals surface area contributed by atoms with Crippen molar-refractivity contribution in [3.05, 3.63) is 28.2 Å². The van der Waals surface area contributed by atoms with E-state index in [9.17, 15) is 9.59 Å². The van der Waals surface area contributed by atoms with E-state index in [-0.39, 0.29) is 23.4 Å². The molecule has 2 aromatic heterocycles. The van der Waals surface area contributed by atoms with Crippen LogP contribution in [-0.2, 0) is 4.79 Å². The van der Waals surface area contributed by atoms with Gasteiger partial charge in [-0.05, 0) is 25.3 Å². The largest absolute Gasteiger partial charge is 0.359 e. The topological polar surface area (TPSA) is 80.1 Å². The Morgan fingerprint density at radius 3 is 2.68 bits per heavy atom. The van der Waals surface area contributed by atoms with Gasteiger partial charge in [-0.3, -0.25) is 14.2 Å². The van der Waals surface area contributed by atoms with E-state index < -0.39 is 0 Å². The van der Waals surface area contributed by atoms with Crippen molar-refractivity contribution in [3.63, 3.8) is 0 Å². The minimum atomic E-state index is -0.0150. The van der Waals surface area contributed by atoms with Crippen molar-refractivity contribution in [3.8, 4) is 0 Å². The van der Waals surface area contributed by atoms with Crippen molar-refractivity contribution in [2.75, 3.05) is 25.0 Å². The summed E-state index contributed by atoms with van der Waals surface area (Å²) in [5.41, 5.74) is 1.66. The van der Waals surface area contributed by atoms with E-state index in [2.05, 4.69) is 10.3 Å². The first-order valence-electron chi connectivity index (χ1n) is 8.94. The van der Waals surface area contributed by atoms with Gasteiger partial charge >= 0.3 is 0 Å². The summed E-state index contributed by atoms with van der Waals surface area (Å²) in [6.45, 7) is 3.16. The van der Waals surface area contributed by atoms with E-state index in [1.807, 2.05) is 22.6 Å². The smallest absolute Gasteiger partial charge is 0.252 e. The number of nitrogens with zero attached hydrogens (tertiary/aromatic N) is 4. The van der Waals surface area contributed by atoms with Crippen molar-refractivity contribution >= 4 is 22.9 Å². The lowest BCUT2D eigenvalue weighted by Crippen LogP contribution is -2.53. The molecule has 132 valence electrons. The zero-order chi connectivity index (χ0) is 17.6. The fraction of sp³-hybridized carbons (Fsp3) is 0.556. The number of pyridine rings is 1. The summed E-state index contributed by atoms with van der Waals surface area (Å²) in [6, 6.07) is 1.92. The molecule has 2 aromatic rings. The highest BCUT2D eigenvalue weighted by Crippen LogP contribution is 2.31. The van der Waals surface area contributed by atoms with Gasteiger partial charge in [0.05, 0.1) is 5.92 Å². The molecule has 7 nitrogen and oxygen atoms in total. The Labute approximate surface area is 146 Å². The summed E-state index contributed by atoms with van der Waals surface area (Å²) in [6.07, 6.45) is 6.18. The van der Waals surface area contributed by atoms with Crippen LogP contribution < -0.4 is 15.8 Å². The average molecular weight is 341 g/mol. The Morgan fingerprint density at radius 1 is 1.28 bits per heavy atom. The number of aryl methyl sites for hydroxylation is 1.